The number of aliphatic hydroxyl groups excluding tert-OH is 1. The molecule has 3 amide bonds. The average Bonchev–Trinajstić information content (AvgIpc) is 3.03. The van der Waals surface area contributed by atoms with E-state index in [-0.39, 0.29) is 41.1 Å². The first-order valence-electron chi connectivity index (χ1n) is 14.3. The Morgan fingerprint density at radius 1 is 1.00 bits per heavy atom. The van der Waals surface area contributed by atoms with Crippen molar-refractivity contribution >= 4 is 56.5 Å². The zero-order valence-corrected chi connectivity index (χ0v) is 26.6. The molecule has 3 aromatic carbocycles. The van der Waals surface area contributed by atoms with Crippen LogP contribution < -0.4 is 26.0 Å². The number of hydrogen-bond donors (Lipinski definition) is 6. The predicted octanol–water partition coefficient (Wildman–Crippen LogP) is 6.36. The van der Waals surface area contributed by atoms with Crippen LogP contribution >= 0.6 is 0 Å². The summed E-state index contributed by atoms with van der Waals surface area (Å²) in [6, 6.07) is 9.46. The summed E-state index contributed by atoms with van der Waals surface area (Å²) in [7, 11) is -3.19. The average molecular weight is 708 g/mol. The quantitative estimate of drug-likeness (QED) is 0.0769. The third-order valence-electron chi connectivity index (χ3n) is 6.53. The monoisotopic (exact) mass is 707 g/mol. The Morgan fingerprint density at radius 2 is 1.69 bits per heavy atom. The summed E-state index contributed by atoms with van der Waals surface area (Å²) in [6.45, 7) is 3.07. The van der Waals surface area contributed by atoms with E-state index >= 15 is 4.39 Å². The number of benzene rings is 3. The fourth-order valence-electron chi connectivity index (χ4n) is 4.14. The lowest BCUT2D eigenvalue weighted by atomic mass is 10.1. The van der Waals surface area contributed by atoms with Crippen LogP contribution in [0.25, 0.3) is 11.1 Å². The number of alkyl halides is 3. The van der Waals surface area contributed by atoms with Gasteiger partial charge in [0.2, 0.25) is 5.95 Å². The summed E-state index contributed by atoms with van der Waals surface area (Å²) in [5.74, 6) is 1.76. The Balaban J connectivity index is 1.52. The van der Waals surface area contributed by atoms with Crippen LogP contribution in [0, 0.1) is 11.6 Å². The molecule has 1 heterocycles. The van der Waals surface area contributed by atoms with Crippen LogP contribution in [0.5, 0.6) is 0 Å². The molecule has 0 saturated carbocycles. The van der Waals surface area contributed by atoms with Gasteiger partial charge in [-0.05, 0) is 79.9 Å². The van der Waals surface area contributed by atoms with Gasteiger partial charge in [-0.3, -0.25) is 0 Å². The van der Waals surface area contributed by atoms with Crippen LogP contribution in [-0.2, 0) is 20.6 Å². The Labute approximate surface area is 277 Å². The van der Waals surface area contributed by atoms with Crippen molar-refractivity contribution in [2.24, 2.45) is 0 Å². The fraction of sp³-hybridized carbons (Fsp3) is 0.194. The van der Waals surface area contributed by atoms with E-state index in [0.29, 0.717) is 29.4 Å². The van der Waals surface area contributed by atoms with Gasteiger partial charge in [-0.15, -0.1) is 0 Å². The summed E-state index contributed by atoms with van der Waals surface area (Å²) in [5.41, 5.74) is -1.30. The molecule has 4 rings (SSSR count). The van der Waals surface area contributed by atoms with E-state index < -0.39 is 56.9 Å². The third kappa shape index (κ3) is 9.54. The maximum atomic E-state index is 15.2. The molecule has 0 bridgehead atoms. The molecule has 12 nitrogen and oxygen atoms in total. The summed E-state index contributed by atoms with van der Waals surface area (Å²) in [4.78, 5) is 33.0. The number of aliphatic hydroxyl groups is 1. The maximum Gasteiger partial charge on any atom is 0.418 e. The van der Waals surface area contributed by atoms with Crippen LogP contribution in [0.3, 0.4) is 0 Å². The lowest BCUT2D eigenvalue weighted by molar-refractivity contribution is -0.137. The second-order valence-electron chi connectivity index (χ2n) is 10.3. The van der Waals surface area contributed by atoms with Gasteiger partial charge in [-0.25, -0.2) is 32.3 Å². The smallest absolute Gasteiger partial charge is 0.418 e. The standard InChI is InChI=1S/C31H30F5N7O5S/c1-4-48-30(46)43-49(3,47)21-9-7-20(8-10-21)39-28-37-15-22(27(42-28)38-17(2)16-44)18-5-12-25(24(33)13-18)40-29(45)41-26-14-19(31(34,35)36)6-11-23(26)32/h5-15,17,44H,3-4,16H2,1-2H3,(H2,40,41,45)(H,43,46,47)(H2,37,38,39,42)/t17-,49?/m1/s1. The van der Waals surface area contributed by atoms with Crippen molar-refractivity contribution in [1.82, 2.24) is 14.7 Å². The fourth-order valence-corrected chi connectivity index (χ4v) is 5.16. The number of nitrogens with zero attached hydrogens (tertiary/aromatic N) is 2. The van der Waals surface area contributed by atoms with Crippen molar-refractivity contribution in [2.45, 2.75) is 31.0 Å². The summed E-state index contributed by atoms with van der Waals surface area (Å²) < 4.78 is 88.0. The van der Waals surface area contributed by atoms with Crippen LogP contribution in [0.1, 0.15) is 19.4 Å². The highest BCUT2D eigenvalue weighted by Crippen LogP contribution is 2.33. The molecule has 0 spiro atoms. The topological polar surface area (TPSA) is 167 Å². The van der Waals surface area contributed by atoms with Gasteiger partial charge in [0, 0.05) is 28.4 Å². The summed E-state index contributed by atoms with van der Waals surface area (Å²) in [6.07, 6.45) is -4.29. The number of nitrogens with one attached hydrogen (secondary N) is 5. The number of rotatable bonds is 11. The maximum absolute atomic E-state index is 15.2. The van der Waals surface area contributed by atoms with Gasteiger partial charge in [0.1, 0.15) is 17.5 Å². The van der Waals surface area contributed by atoms with Crippen molar-refractivity contribution in [3.63, 3.8) is 0 Å². The van der Waals surface area contributed by atoms with E-state index in [4.69, 9.17) is 4.74 Å². The SMILES string of the molecule is C=S(=O)(NC(=O)OCC)c1ccc(Nc2ncc(-c3ccc(NC(=O)Nc4cc(C(F)(F)F)ccc4F)c(F)c3)c(N[C@H](C)CO)n2)cc1. The van der Waals surface area contributed by atoms with Crippen LogP contribution in [0.2, 0.25) is 0 Å². The lowest BCUT2D eigenvalue weighted by Crippen LogP contribution is -2.30. The highest BCUT2D eigenvalue weighted by atomic mass is 32.2. The first-order valence-corrected chi connectivity index (χ1v) is 16.0. The number of carbonyl (C=O) groups is 2. The first-order chi connectivity index (χ1) is 23.1. The number of aromatic nitrogens is 2. The molecule has 4 aromatic rings. The van der Waals surface area contributed by atoms with Crippen molar-refractivity contribution in [2.75, 3.05) is 34.5 Å². The Bertz CT molecular complexity index is 1940. The third-order valence-corrected chi connectivity index (χ3v) is 8.06. The zero-order chi connectivity index (χ0) is 35.9. The minimum absolute atomic E-state index is 0.0846. The molecule has 18 heteroatoms. The number of urea groups is 1. The van der Waals surface area contributed by atoms with Crippen LogP contribution in [0.4, 0.5) is 60.4 Å². The summed E-state index contributed by atoms with van der Waals surface area (Å²) >= 11 is 0. The second-order valence-corrected chi connectivity index (χ2v) is 12.3. The number of carbonyl (C=O) groups excluding carboxylic acids is 2. The minimum Gasteiger partial charge on any atom is -0.449 e. The van der Waals surface area contributed by atoms with Gasteiger partial charge in [-0.1, -0.05) is 6.07 Å². The van der Waals surface area contributed by atoms with Crippen molar-refractivity contribution in [1.29, 1.82) is 0 Å². The number of hydrogen-bond acceptors (Lipinski definition) is 9. The van der Waals surface area contributed by atoms with Crippen molar-refractivity contribution in [3.8, 4) is 11.1 Å². The predicted molar refractivity (Wildman–Crippen MR) is 175 cm³/mol. The molecule has 260 valence electrons. The molecule has 0 aliphatic rings. The number of amides is 3. The first kappa shape index (κ1) is 36.3. The largest absolute Gasteiger partial charge is 0.449 e. The lowest BCUT2D eigenvalue weighted by Gasteiger charge is -2.17. The van der Waals surface area contributed by atoms with Gasteiger partial charge < -0.3 is 31.1 Å². The Hall–Kier alpha value is -5.49. The highest BCUT2D eigenvalue weighted by molar-refractivity contribution is 7.99. The number of anilines is 5. The summed E-state index contributed by atoms with van der Waals surface area (Å²) in [5, 5.41) is 19.6. The van der Waals surface area contributed by atoms with E-state index in [0.717, 1.165) is 6.07 Å². The molecule has 1 aromatic heterocycles. The van der Waals surface area contributed by atoms with Crippen molar-refractivity contribution < 1.29 is 45.6 Å². The van der Waals surface area contributed by atoms with Crippen LogP contribution in [0.15, 0.2) is 71.8 Å². The zero-order valence-electron chi connectivity index (χ0n) is 25.8. The Morgan fingerprint density at radius 3 is 2.33 bits per heavy atom. The number of ether oxygens (including phenoxy) is 1. The number of halogens is 5. The van der Waals surface area contributed by atoms with Gasteiger partial charge >= 0.3 is 18.3 Å². The molecule has 0 fully saturated rings. The molecule has 0 radical (unpaired) electrons. The van der Waals surface area contributed by atoms with Crippen LogP contribution in [-0.4, -0.2) is 56.5 Å². The molecular formula is C31H30F5N7O5S. The molecule has 0 aliphatic carbocycles. The van der Waals surface area contributed by atoms with E-state index in [1.165, 1.54) is 30.5 Å². The molecule has 0 aliphatic heterocycles. The molecule has 1 unspecified atom stereocenters. The molecule has 2 atom stereocenters. The molecular weight excluding hydrogens is 677 g/mol. The van der Waals surface area contributed by atoms with E-state index in [9.17, 15) is 36.5 Å². The normalized spacial score (nSPS) is 13.1. The molecule has 6 N–H and O–H groups in total. The van der Waals surface area contributed by atoms with Crippen molar-refractivity contribution in [3.05, 3.63) is 84.1 Å². The van der Waals surface area contributed by atoms with E-state index in [1.807, 2.05) is 5.32 Å². The minimum atomic E-state index is -4.78. The van der Waals surface area contributed by atoms with E-state index in [2.05, 4.69) is 36.5 Å². The molecule has 0 saturated heterocycles. The second kappa shape index (κ2) is 15.2. The highest BCUT2D eigenvalue weighted by Gasteiger charge is 2.31. The van der Waals surface area contributed by atoms with Gasteiger partial charge in [0.15, 0.2) is 0 Å². The molecule has 49 heavy (non-hydrogen) atoms. The van der Waals surface area contributed by atoms with Gasteiger partial charge in [0.05, 0.1) is 39.9 Å². The van der Waals surface area contributed by atoms with E-state index in [1.54, 1.807) is 26.0 Å². The van der Waals surface area contributed by atoms with Gasteiger partial charge in [-0.2, -0.15) is 18.2 Å². The Kier molecular flexibility index (Phi) is 11.2. The van der Waals surface area contributed by atoms with Gasteiger partial charge in [0.25, 0.3) is 0 Å².